The Labute approximate surface area is 323 Å². The van der Waals surface area contributed by atoms with E-state index in [0.29, 0.717) is 6.61 Å². The predicted octanol–water partition coefficient (Wildman–Crippen LogP) is 3.79. The van der Waals surface area contributed by atoms with E-state index in [4.69, 9.17) is 28.4 Å². The van der Waals surface area contributed by atoms with Gasteiger partial charge in [-0.2, -0.15) is 0 Å². The number of unbranched alkanes of at least 4 members (excludes halogenated alkanes) is 19. The van der Waals surface area contributed by atoms with E-state index in [1.54, 1.807) is 6.92 Å². The largest absolute Gasteiger partial charge is 0.457 e. The molecule has 2 heterocycles. The summed E-state index contributed by atoms with van der Waals surface area (Å²) in [6, 6.07) is 0. The summed E-state index contributed by atoms with van der Waals surface area (Å²) in [5.41, 5.74) is 0. The van der Waals surface area contributed by atoms with E-state index < -0.39 is 86.7 Å². The Morgan fingerprint density at radius 1 is 0.537 bits per heavy atom. The first-order valence-corrected chi connectivity index (χ1v) is 21.1. The van der Waals surface area contributed by atoms with Crippen molar-refractivity contribution < 1.29 is 69.0 Å². The highest BCUT2D eigenvalue weighted by Crippen LogP contribution is 2.26. The fourth-order valence-corrected chi connectivity index (χ4v) is 6.85. The van der Waals surface area contributed by atoms with Crippen molar-refractivity contribution in [1.29, 1.82) is 0 Å². The lowest BCUT2D eigenvalue weighted by atomic mass is 9.98. The summed E-state index contributed by atoms with van der Waals surface area (Å²) in [4.78, 5) is 12.1. The molecule has 0 aromatic carbocycles. The topological polar surface area (TPSA) is 214 Å². The number of hydrogen-bond acceptors (Lipinski definition) is 14. The molecule has 11 atom stereocenters. The van der Waals surface area contributed by atoms with Crippen LogP contribution in [-0.4, -0.2) is 142 Å². The van der Waals surface area contributed by atoms with Gasteiger partial charge in [-0.1, -0.05) is 136 Å². The maximum atomic E-state index is 12.1. The fourth-order valence-electron chi connectivity index (χ4n) is 6.85. The average Bonchev–Trinajstić information content (AvgIpc) is 3.17. The monoisotopic (exact) mass is 781 g/mol. The predicted molar refractivity (Wildman–Crippen MR) is 201 cm³/mol. The number of carbonyl (C=O) groups excluding carboxylic acids is 1. The third-order valence-electron chi connectivity index (χ3n) is 10.4. The second-order valence-electron chi connectivity index (χ2n) is 15.1. The van der Waals surface area contributed by atoms with Gasteiger partial charge in [0.15, 0.2) is 12.6 Å². The second kappa shape index (κ2) is 30.1. The number of esters is 1. The van der Waals surface area contributed by atoms with E-state index in [2.05, 4.69) is 6.92 Å². The highest BCUT2D eigenvalue weighted by atomic mass is 16.7. The minimum atomic E-state index is -1.70. The molecule has 0 radical (unpaired) electrons. The van der Waals surface area contributed by atoms with Crippen LogP contribution in [0.25, 0.3) is 0 Å². The standard InChI is InChI=1S/C40H76O14/c1-3-5-6-7-8-9-10-11-12-13-14-15-16-17-18-19-20-21-22-23-24-49-26-29(52-32(42)4-2)27-50-39-38(48)36(46)34(44)31(54-39)28-51-40-37(47)35(45)33(43)30(25-41)53-40/h29-31,33-41,43-48H,3-28H2,1-2H3. The number of hydrogen-bond donors (Lipinski definition) is 7. The van der Waals surface area contributed by atoms with Gasteiger partial charge in [0, 0.05) is 13.0 Å². The number of aliphatic hydroxyl groups excluding tert-OH is 7. The lowest BCUT2D eigenvalue weighted by molar-refractivity contribution is -0.332. The van der Waals surface area contributed by atoms with Crippen LogP contribution in [-0.2, 0) is 33.2 Å². The quantitative estimate of drug-likeness (QED) is 0.0383. The van der Waals surface area contributed by atoms with Crippen molar-refractivity contribution in [2.24, 2.45) is 0 Å². The summed E-state index contributed by atoms with van der Waals surface area (Å²) in [5.74, 6) is -0.461. The Kier molecular flexibility index (Phi) is 27.4. The molecule has 11 unspecified atom stereocenters. The van der Waals surface area contributed by atoms with Gasteiger partial charge in [0.2, 0.25) is 0 Å². The maximum Gasteiger partial charge on any atom is 0.305 e. The lowest BCUT2D eigenvalue weighted by Gasteiger charge is -2.42. The van der Waals surface area contributed by atoms with E-state index in [-0.39, 0.29) is 19.6 Å². The SMILES string of the molecule is CCCCCCCCCCCCCCCCCCCCCCOCC(COC1OC(COC2OC(CO)C(O)C(O)C2O)C(O)C(O)C1O)OC(=O)CC. The first kappa shape index (κ1) is 49.1. The van der Waals surface area contributed by atoms with Gasteiger partial charge >= 0.3 is 5.97 Å². The smallest absolute Gasteiger partial charge is 0.305 e. The van der Waals surface area contributed by atoms with Gasteiger partial charge in [-0.05, 0) is 6.42 Å². The minimum Gasteiger partial charge on any atom is -0.457 e. The molecule has 0 bridgehead atoms. The number of ether oxygens (including phenoxy) is 6. The molecular weight excluding hydrogens is 704 g/mol. The Hall–Kier alpha value is -1.01. The van der Waals surface area contributed by atoms with E-state index in [1.807, 2.05) is 0 Å². The third kappa shape index (κ3) is 19.4. The molecule has 14 heteroatoms. The molecule has 0 aromatic heterocycles. The van der Waals surface area contributed by atoms with Crippen LogP contribution in [0.5, 0.6) is 0 Å². The van der Waals surface area contributed by atoms with Crippen molar-refractivity contribution in [1.82, 2.24) is 0 Å². The van der Waals surface area contributed by atoms with Crippen LogP contribution >= 0.6 is 0 Å². The van der Waals surface area contributed by atoms with Crippen molar-refractivity contribution in [3.05, 3.63) is 0 Å². The Bertz CT molecular complexity index is 912. The van der Waals surface area contributed by atoms with Crippen LogP contribution in [0.2, 0.25) is 0 Å². The molecule has 14 nitrogen and oxygen atoms in total. The summed E-state index contributed by atoms with van der Waals surface area (Å²) < 4.78 is 33.3. The zero-order valence-corrected chi connectivity index (χ0v) is 33.2. The minimum absolute atomic E-state index is 0.0580. The summed E-state index contributed by atoms with van der Waals surface area (Å²) in [7, 11) is 0. The molecule has 0 aromatic rings. The molecule has 0 saturated carbocycles. The first-order chi connectivity index (χ1) is 26.1. The van der Waals surface area contributed by atoms with Crippen LogP contribution in [0.3, 0.4) is 0 Å². The Morgan fingerprint density at radius 2 is 0.963 bits per heavy atom. The van der Waals surface area contributed by atoms with Crippen LogP contribution in [0.15, 0.2) is 0 Å². The average molecular weight is 781 g/mol. The maximum absolute atomic E-state index is 12.1. The molecule has 0 aliphatic carbocycles. The fraction of sp³-hybridized carbons (Fsp3) is 0.975. The molecule has 320 valence electrons. The summed E-state index contributed by atoms with van der Waals surface area (Å²) in [6.45, 7) is 3.12. The third-order valence-corrected chi connectivity index (χ3v) is 10.4. The van der Waals surface area contributed by atoms with Crippen molar-refractivity contribution in [3.63, 3.8) is 0 Å². The van der Waals surface area contributed by atoms with Gasteiger partial charge in [0.1, 0.15) is 54.9 Å². The molecular formula is C40H76O14. The van der Waals surface area contributed by atoms with Gasteiger partial charge in [0.25, 0.3) is 0 Å². The van der Waals surface area contributed by atoms with E-state index in [0.717, 1.165) is 19.3 Å². The Morgan fingerprint density at radius 3 is 1.43 bits per heavy atom. The van der Waals surface area contributed by atoms with Crippen LogP contribution < -0.4 is 0 Å². The van der Waals surface area contributed by atoms with E-state index in [1.165, 1.54) is 109 Å². The van der Waals surface area contributed by atoms with Crippen molar-refractivity contribution in [2.75, 3.05) is 33.0 Å². The Balaban J connectivity index is 1.57. The molecule has 2 aliphatic heterocycles. The molecule has 0 spiro atoms. The van der Waals surface area contributed by atoms with Gasteiger partial charge in [-0.15, -0.1) is 0 Å². The van der Waals surface area contributed by atoms with Crippen LogP contribution in [0, 0.1) is 0 Å². The lowest BCUT2D eigenvalue weighted by Crippen LogP contribution is -2.61. The molecule has 2 saturated heterocycles. The van der Waals surface area contributed by atoms with Crippen molar-refractivity contribution in [3.8, 4) is 0 Å². The summed E-state index contributed by atoms with van der Waals surface area (Å²) in [5, 5.41) is 71.1. The highest BCUT2D eigenvalue weighted by Gasteiger charge is 2.47. The van der Waals surface area contributed by atoms with Crippen molar-refractivity contribution in [2.45, 2.75) is 216 Å². The molecule has 2 fully saturated rings. The summed E-state index contributed by atoms with van der Waals surface area (Å²) >= 11 is 0. The van der Waals surface area contributed by atoms with Crippen LogP contribution in [0.4, 0.5) is 0 Å². The van der Waals surface area contributed by atoms with Gasteiger partial charge < -0.3 is 64.2 Å². The molecule has 0 amide bonds. The second-order valence-corrected chi connectivity index (χ2v) is 15.1. The van der Waals surface area contributed by atoms with Crippen molar-refractivity contribution >= 4 is 5.97 Å². The normalized spacial score (nSPS) is 29.4. The number of aliphatic hydroxyl groups is 7. The van der Waals surface area contributed by atoms with E-state index >= 15 is 0 Å². The van der Waals surface area contributed by atoms with Gasteiger partial charge in [-0.3, -0.25) is 4.79 Å². The zero-order chi connectivity index (χ0) is 39.6. The summed E-state index contributed by atoms with van der Waals surface area (Å²) in [6.07, 6.45) is 10.2. The van der Waals surface area contributed by atoms with Gasteiger partial charge in [0.05, 0.1) is 26.4 Å². The molecule has 54 heavy (non-hydrogen) atoms. The number of rotatable bonds is 32. The van der Waals surface area contributed by atoms with E-state index in [9.17, 15) is 40.5 Å². The highest BCUT2D eigenvalue weighted by molar-refractivity contribution is 5.69. The zero-order valence-electron chi connectivity index (χ0n) is 33.2. The van der Waals surface area contributed by atoms with Crippen LogP contribution in [0.1, 0.15) is 149 Å². The first-order valence-electron chi connectivity index (χ1n) is 21.1. The number of carbonyl (C=O) groups is 1. The molecule has 2 aliphatic rings. The molecule has 2 rings (SSSR count). The molecule has 7 N–H and O–H groups in total. The van der Waals surface area contributed by atoms with Gasteiger partial charge in [-0.25, -0.2) is 0 Å².